The van der Waals surface area contributed by atoms with Crippen molar-refractivity contribution in [2.45, 2.75) is 63.2 Å². The number of aromatic nitrogens is 2. The third-order valence-corrected chi connectivity index (χ3v) is 6.83. The molecule has 29 heavy (non-hydrogen) atoms. The first kappa shape index (κ1) is 20.1. The monoisotopic (exact) mass is 430 g/mol. The van der Waals surface area contributed by atoms with Crippen molar-refractivity contribution in [1.82, 2.24) is 15.1 Å². The standard InChI is InChI=1S/C18H21F3N4O3S/c1-8-5-6-10-14(18(19,20)21)24-25(17(10)28-8)7-12(26)23-16-13(15(22)27)9-3-2-4-11(9)29-16/h8,13,16H,2-7H2,1H3,(H2,22,27)(H,23,26). The van der Waals surface area contributed by atoms with Gasteiger partial charge in [0, 0.05) is 5.56 Å². The molecule has 11 heteroatoms. The molecule has 0 fully saturated rings. The quantitative estimate of drug-likeness (QED) is 0.764. The van der Waals surface area contributed by atoms with Gasteiger partial charge in [-0.2, -0.15) is 18.3 Å². The van der Waals surface area contributed by atoms with E-state index in [1.165, 1.54) is 11.8 Å². The van der Waals surface area contributed by atoms with Crippen LogP contribution in [-0.2, 0) is 28.7 Å². The van der Waals surface area contributed by atoms with Gasteiger partial charge in [-0.15, -0.1) is 11.8 Å². The van der Waals surface area contributed by atoms with Gasteiger partial charge in [-0.3, -0.25) is 9.59 Å². The fraction of sp³-hybridized carbons (Fsp3) is 0.611. The first-order chi connectivity index (χ1) is 13.6. The van der Waals surface area contributed by atoms with E-state index in [9.17, 15) is 22.8 Å². The summed E-state index contributed by atoms with van der Waals surface area (Å²) < 4.78 is 46.5. The molecule has 4 rings (SSSR count). The number of hydrogen-bond donors (Lipinski definition) is 2. The maximum atomic E-state index is 13.3. The number of nitrogens with two attached hydrogens (primary N) is 1. The van der Waals surface area contributed by atoms with E-state index in [1.54, 1.807) is 6.92 Å². The molecule has 2 aliphatic heterocycles. The van der Waals surface area contributed by atoms with E-state index in [0.29, 0.717) is 6.42 Å². The van der Waals surface area contributed by atoms with Crippen molar-refractivity contribution in [2.24, 2.45) is 11.7 Å². The normalized spacial score (nSPS) is 26.1. The average molecular weight is 430 g/mol. The van der Waals surface area contributed by atoms with Crippen molar-refractivity contribution in [3.05, 3.63) is 21.7 Å². The molecule has 3 aliphatic rings. The van der Waals surface area contributed by atoms with Gasteiger partial charge in [0.15, 0.2) is 5.69 Å². The molecule has 1 aromatic rings. The van der Waals surface area contributed by atoms with Crippen molar-refractivity contribution in [3.63, 3.8) is 0 Å². The molecule has 7 nitrogen and oxygen atoms in total. The second-order valence-corrected chi connectivity index (χ2v) is 8.78. The first-order valence-electron chi connectivity index (χ1n) is 9.46. The van der Waals surface area contributed by atoms with Gasteiger partial charge in [0.2, 0.25) is 17.7 Å². The van der Waals surface area contributed by atoms with Crippen molar-refractivity contribution >= 4 is 23.6 Å². The van der Waals surface area contributed by atoms with Crippen molar-refractivity contribution < 1.29 is 27.5 Å². The van der Waals surface area contributed by atoms with Crippen LogP contribution in [0.1, 0.15) is 43.9 Å². The molecule has 1 aliphatic carbocycles. The van der Waals surface area contributed by atoms with Gasteiger partial charge in [0.1, 0.15) is 6.54 Å². The Kier molecular flexibility index (Phi) is 5.04. The fourth-order valence-electron chi connectivity index (χ4n) is 4.15. The number of nitrogens with one attached hydrogen (secondary N) is 1. The highest BCUT2D eigenvalue weighted by atomic mass is 32.2. The lowest BCUT2D eigenvalue weighted by atomic mass is 9.97. The lowest BCUT2D eigenvalue weighted by molar-refractivity contribution is -0.142. The average Bonchev–Trinajstić information content (AvgIpc) is 3.27. The molecular weight excluding hydrogens is 409 g/mol. The van der Waals surface area contributed by atoms with Crippen LogP contribution < -0.4 is 15.8 Å². The third-order valence-electron chi connectivity index (χ3n) is 5.44. The van der Waals surface area contributed by atoms with E-state index in [2.05, 4.69) is 10.4 Å². The van der Waals surface area contributed by atoms with Crippen LogP contribution in [0.3, 0.4) is 0 Å². The van der Waals surface area contributed by atoms with Gasteiger partial charge in [0.25, 0.3) is 0 Å². The van der Waals surface area contributed by atoms with Gasteiger partial charge in [0.05, 0.1) is 17.4 Å². The van der Waals surface area contributed by atoms with Crippen LogP contribution in [0.25, 0.3) is 0 Å². The van der Waals surface area contributed by atoms with Crippen LogP contribution in [0.2, 0.25) is 0 Å². The Bertz CT molecular complexity index is 896. The number of fused-ring (bicyclic) bond motifs is 1. The highest BCUT2D eigenvalue weighted by molar-refractivity contribution is 8.04. The molecule has 3 atom stereocenters. The van der Waals surface area contributed by atoms with E-state index in [0.717, 1.165) is 34.4 Å². The van der Waals surface area contributed by atoms with E-state index in [-0.39, 0.29) is 24.0 Å². The summed E-state index contributed by atoms with van der Waals surface area (Å²) in [4.78, 5) is 25.6. The Balaban J connectivity index is 1.52. The second kappa shape index (κ2) is 7.26. The zero-order chi connectivity index (χ0) is 20.9. The fourth-order valence-corrected chi connectivity index (χ4v) is 5.73. The number of nitrogens with zero attached hydrogens (tertiary/aromatic N) is 2. The molecule has 158 valence electrons. The smallest absolute Gasteiger partial charge is 0.435 e. The summed E-state index contributed by atoms with van der Waals surface area (Å²) in [6, 6.07) is 0. The Morgan fingerprint density at radius 1 is 1.34 bits per heavy atom. The second-order valence-electron chi connectivity index (χ2n) is 7.54. The molecule has 3 N–H and O–H groups in total. The summed E-state index contributed by atoms with van der Waals surface area (Å²) in [6.07, 6.45) is -1.68. The van der Waals surface area contributed by atoms with Crippen LogP contribution in [-0.4, -0.2) is 33.1 Å². The van der Waals surface area contributed by atoms with E-state index in [1.807, 2.05) is 0 Å². The highest BCUT2D eigenvalue weighted by Gasteiger charge is 2.43. The number of carbonyl (C=O) groups is 2. The topological polar surface area (TPSA) is 99.2 Å². The SMILES string of the molecule is CC1CCc2c(C(F)(F)F)nn(CC(=O)NC3SC4=C(CCC4)C3C(N)=O)c2O1. The molecule has 0 aromatic carbocycles. The number of rotatable bonds is 4. The molecule has 3 heterocycles. The van der Waals surface area contributed by atoms with Crippen LogP contribution in [0, 0.1) is 5.92 Å². The van der Waals surface area contributed by atoms with Crippen molar-refractivity contribution in [3.8, 4) is 5.88 Å². The minimum absolute atomic E-state index is 0.0163. The maximum absolute atomic E-state index is 13.3. The lowest BCUT2D eigenvalue weighted by Crippen LogP contribution is -2.43. The van der Waals surface area contributed by atoms with Gasteiger partial charge < -0.3 is 15.8 Å². The minimum Gasteiger partial charge on any atom is -0.475 e. The Labute approximate surface area is 169 Å². The van der Waals surface area contributed by atoms with Gasteiger partial charge >= 0.3 is 6.18 Å². The van der Waals surface area contributed by atoms with Crippen LogP contribution >= 0.6 is 11.8 Å². The van der Waals surface area contributed by atoms with Gasteiger partial charge in [-0.25, -0.2) is 4.68 Å². The molecular formula is C18H21F3N4O3S. The number of carbonyl (C=O) groups excluding carboxylic acids is 2. The summed E-state index contributed by atoms with van der Waals surface area (Å²) in [6.45, 7) is 1.33. The predicted molar refractivity (Wildman–Crippen MR) is 98.7 cm³/mol. The van der Waals surface area contributed by atoms with Crippen molar-refractivity contribution in [2.75, 3.05) is 0 Å². The number of allylic oxidation sites excluding steroid dienone is 1. The number of ether oxygens (including phenoxy) is 1. The van der Waals surface area contributed by atoms with Gasteiger partial charge in [-0.1, -0.05) is 0 Å². The Morgan fingerprint density at radius 3 is 2.79 bits per heavy atom. The third kappa shape index (κ3) is 3.72. The Hall–Kier alpha value is -2.17. The molecule has 0 saturated heterocycles. The largest absolute Gasteiger partial charge is 0.475 e. The predicted octanol–water partition coefficient (Wildman–Crippen LogP) is 2.34. The van der Waals surface area contributed by atoms with E-state index < -0.39 is 41.5 Å². The van der Waals surface area contributed by atoms with E-state index in [4.69, 9.17) is 10.5 Å². The minimum atomic E-state index is -4.63. The molecule has 3 unspecified atom stereocenters. The number of thioether (sulfide) groups is 1. The van der Waals surface area contributed by atoms with Crippen molar-refractivity contribution in [1.29, 1.82) is 0 Å². The summed E-state index contributed by atoms with van der Waals surface area (Å²) >= 11 is 1.40. The van der Waals surface area contributed by atoms with Crippen LogP contribution in [0.4, 0.5) is 13.2 Å². The Morgan fingerprint density at radius 2 is 2.10 bits per heavy atom. The maximum Gasteiger partial charge on any atom is 0.435 e. The van der Waals surface area contributed by atoms with Crippen LogP contribution in [0.15, 0.2) is 10.5 Å². The van der Waals surface area contributed by atoms with Gasteiger partial charge in [-0.05, 0) is 49.5 Å². The molecule has 1 aromatic heterocycles. The summed E-state index contributed by atoms with van der Waals surface area (Å²) in [7, 11) is 0. The number of amides is 2. The number of halogens is 3. The zero-order valence-corrected chi connectivity index (χ0v) is 16.5. The van der Waals surface area contributed by atoms with E-state index >= 15 is 0 Å². The molecule has 0 bridgehead atoms. The molecule has 0 spiro atoms. The summed E-state index contributed by atoms with van der Waals surface area (Å²) in [5, 5.41) is 5.81. The zero-order valence-electron chi connectivity index (χ0n) is 15.7. The highest BCUT2D eigenvalue weighted by Crippen LogP contribution is 2.49. The summed E-state index contributed by atoms with van der Waals surface area (Å²) in [5.74, 6) is -1.66. The number of hydrogen-bond acceptors (Lipinski definition) is 5. The number of alkyl halides is 3. The molecule has 2 amide bonds. The molecule has 0 saturated carbocycles. The number of primary amides is 1. The first-order valence-corrected chi connectivity index (χ1v) is 10.3. The summed E-state index contributed by atoms with van der Waals surface area (Å²) in [5.41, 5.74) is 5.47. The van der Waals surface area contributed by atoms with Crippen LogP contribution in [0.5, 0.6) is 5.88 Å². The molecule has 0 radical (unpaired) electrons. The lowest BCUT2D eigenvalue weighted by Gasteiger charge is -2.23.